The van der Waals surface area contributed by atoms with Crippen LogP contribution in [0.15, 0.2) is 53.9 Å². The van der Waals surface area contributed by atoms with Gasteiger partial charge in [0, 0.05) is 62.1 Å². The number of rotatable bonds is 5. The number of amides is 2. The Morgan fingerprint density at radius 2 is 1.66 bits per heavy atom. The number of methoxy groups -OCH3 is 1. The molecule has 0 spiro atoms. The number of hydrogen-bond acceptors (Lipinski definition) is 7. The highest BCUT2D eigenvalue weighted by Crippen LogP contribution is 2.44. The highest BCUT2D eigenvalue weighted by atomic mass is 32.1. The summed E-state index contributed by atoms with van der Waals surface area (Å²) < 4.78 is 13.7. The standard InChI is InChI=1S/C37H45N5O4S/c1-36(2,3)39(7)34(43)33-38-31(30-13-10-20-47-30)32-28-23-27(29(45-8)22-25(28)14-15-42(32)33)24-11-9-12-26(21-24)40-16-18-41(19-17-40)35(44)46-37(4,5)6/h9-13,20-23H,14-19H2,1-8H3. The summed E-state index contributed by atoms with van der Waals surface area (Å²) in [6.45, 7) is 15.1. The van der Waals surface area contributed by atoms with E-state index in [0.717, 1.165) is 50.8 Å². The highest BCUT2D eigenvalue weighted by Gasteiger charge is 2.33. The molecule has 0 saturated carbocycles. The molecule has 47 heavy (non-hydrogen) atoms. The number of nitrogens with zero attached hydrogens (tertiary/aromatic N) is 5. The molecule has 9 nitrogen and oxygen atoms in total. The summed E-state index contributed by atoms with van der Waals surface area (Å²) >= 11 is 1.63. The Morgan fingerprint density at radius 3 is 2.30 bits per heavy atom. The van der Waals surface area contributed by atoms with Gasteiger partial charge >= 0.3 is 6.09 Å². The van der Waals surface area contributed by atoms with Gasteiger partial charge in [-0.05, 0) is 94.8 Å². The third-order valence-corrected chi connectivity index (χ3v) is 9.84. The molecule has 1 saturated heterocycles. The lowest BCUT2D eigenvalue weighted by Crippen LogP contribution is -2.50. The van der Waals surface area contributed by atoms with E-state index in [0.29, 0.717) is 38.5 Å². The molecule has 4 heterocycles. The smallest absolute Gasteiger partial charge is 0.410 e. The molecule has 0 aliphatic carbocycles. The predicted molar refractivity (Wildman–Crippen MR) is 189 cm³/mol. The number of anilines is 1. The van der Waals surface area contributed by atoms with Crippen molar-refractivity contribution in [2.24, 2.45) is 0 Å². The van der Waals surface area contributed by atoms with Gasteiger partial charge in [-0.1, -0.05) is 18.2 Å². The maximum Gasteiger partial charge on any atom is 0.410 e. The van der Waals surface area contributed by atoms with Gasteiger partial charge in [-0.3, -0.25) is 4.79 Å². The third-order valence-electron chi connectivity index (χ3n) is 8.96. The highest BCUT2D eigenvalue weighted by molar-refractivity contribution is 7.13. The second-order valence-corrected chi connectivity index (χ2v) is 15.2. The molecule has 6 rings (SSSR count). The minimum Gasteiger partial charge on any atom is -0.496 e. The van der Waals surface area contributed by atoms with Crippen molar-refractivity contribution in [3.8, 4) is 38.7 Å². The molecule has 4 aromatic rings. The average molecular weight is 656 g/mol. The number of fused-ring (bicyclic) bond motifs is 3. The number of ether oxygens (including phenoxy) is 2. The van der Waals surface area contributed by atoms with Crippen molar-refractivity contribution in [3.63, 3.8) is 0 Å². The van der Waals surface area contributed by atoms with Crippen LogP contribution in [0.5, 0.6) is 5.75 Å². The van der Waals surface area contributed by atoms with Crippen molar-refractivity contribution in [1.29, 1.82) is 0 Å². The first-order valence-corrected chi connectivity index (χ1v) is 17.1. The first-order chi connectivity index (χ1) is 22.2. The molecule has 248 valence electrons. The lowest BCUT2D eigenvalue weighted by atomic mass is 9.91. The van der Waals surface area contributed by atoms with E-state index in [4.69, 9.17) is 14.5 Å². The molecular formula is C37H45N5O4S. The zero-order chi connectivity index (χ0) is 33.7. The van der Waals surface area contributed by atoms with Crippen molar-refractivity contribution in [2.75, 3.05) is 45.2 Å². The van der Waals surface area contributed by atoms with Gasteiger partial charge in [-0.25, -0.2) is 9.78 Å². The Bertz CT molecular complexity index is 1790. The Balaban J connectivity index is 1.37. The van der Waals surface area contributed by atoms with E-state index in [1.165, 1.54) is 5.56 Å². The molecule has 2 aliphatic rings. The summed E-state index contributed by atoms with van der Waals surface area (Å²) in [5.74, 6) is 1.19. The maximum absolute atomic E-state index is 13.8. The largest absolute Gasteiger partial charge is 0.496 e. The normalized spacial score (nSPS) is 14.8. The number of aromatic nitrogens is 2. The van der Waals surface area contributed by atoms with Gasteiger partial charge in [-0.15, -0.1) is 11.3 Å². The van der Waals surface area contributed by atoms with Gasteiger partial charge in [0.05, 0.1) is 17.7 Å². The van der Waals surface area contributed by atoms with Gasteiger partial charge in [0.1, 0.15) is 17.0 Å². The van der Waals surface area contributed by atoms with Crippen LogP contribution in [0.1, 0.15) is 57.7 Å². The van der Waals surface area contributed by atoms with Crippen molar-refractivity contribution in [1.82, 2.24) is 19.4 Å². The summed E-state index contributed by atoms with van der Waals surface area (Å²) in [6.07, 6.45) is 0.501. The molecule has 0 unspecified atom stereocenters. The monoisotopic (exact) mass is 655 g/mol. The summed E-state index contributed by atoms with van der Waals surface area (Å²) in [4.78, 5) is 38.4. The quantitative estimate of drug-likeness (QED) is 0.222. The van der Waals surface area contributed by atoms with Gasteiger partial charge in [-0.2, -0.15) is 0 Å². The minimum atomic E-state index is -0.515. The lowest BCUT2D eigenvalue weighted by molar-refractivity contribution is 0.0240. The number of imidazole rings is 1. The molecule has 2 aromatic heterocycles. The molecule has 1 fully saturated rings. The molecule has 2 amide bonds. The molecule has 10 heteroatoms. The van der Waals surface area contributed by atoms with Crippen molar-refractivity contribution < 1.29 is 19.1 Å². The van der Waals surface area contributed by atoms with Crippen LogP contribution < -0.4 is 9.64 Å². The third kappa shape index (κ3) is 6.48. The molecule has 0 radical (unpaired) electrons. The molecule has 2 aromatic carbocycles. The number of carbonyl (C=O) groups excluding carboxylic acids is 2. The van der Waals surface area contributed by atoms with Gasteiger partial charge in [0.15, 0.2) is 5.82 Å². The summed E-state index contributed by atoms with van der Waals surface area (Å²) in [6, 6.07) is 16.9. The van der Waals surface area contributed by atoms with Gasteiger partial charge in [0.25, 0.3) is 5.91 Å². The van der Waals surface area contributed by atoms with E-state index in [-0.39, 0.29) is 17.5 Å². The number of carbonyl (C=O) groups is 2. The Morgan fingerprint density at radius 1 is 0.915 bits per heavy atom. The van der Waals surface area contributed by atoms with Crippen LogP contribution in [-0.4, -0.2) is 82.8 Å². The number of aryl methyl sites for hydroxylation is 1. The number of benzene rings is 2. The zero-order valence-corrected chi connectivity index (χ0v) is 29.5. The molecule has 2 aliphatic heterocycles. The first-order valence-electron chi connectivity index (χ1n) is 16.2. The van der Waals surface area contributed by atoms with Crippen LogP contribution in [0.3, 0.4) is 0 Å². The van der Waals surface area contributed by atoms with Crippen LogP contribution in [0.4, 0.5) is 10.5 Å². The van der Waals surface area contributed by atoms with Gasteiger partial charge < -0.3 is 28.7 Å². The van der Waals surface area contributed by atoms with Crippen molar-refractivity contribution >= 4 is 29.0 Å². The van der Waals surface area contributed by atoms with Crippen molar-refractivity contribution in [3.05, 3.63) is 65.3 Å². The molecular weight excluding hydrogens is 611 g/mol. The van der Waals surface area contributed by atoms with E-state index >= 15 is 0 Å². The van der Waals surface area contributed by atoms with E-state index < -0.39 is 5.60 Å². The van der Waals surface area contributed by atoms with E-state index in [1.807, 2.05) is 60.0 Å². The number of piperazine rings is 1. The van der Waals surface area contributed by atoms with Crippen LogP contribution in [0.25, 0.3) is 33.0 Å². The maximum atomic E-state index is 13.8. The van der Waals surface area contributed by atoms with Gasteiger partial charge in [0.2, 0.25) is 0 Å². The van der Waals surface area contributed by atoms with Crippen LogP contribution in [-0.2, 0) is 17.7 Å². The van der Waals surface area contributed by atoms with Crippen LogP contribution in [0.2, 0.25) is 0 Å². The minimum absolute atomic E-state index is 0.0850. The topological polar surface area (TPSA) is 80.1 Å². The molecule has 0 bridgehead atoms. The van der Waals surface area contributed by atoms with Crippen LogP contribution in [0, 0.1) is 0 Å². The second-order valence-electron chi connectivity index (χ2n) is 14.3. The molecule has 0 N–H and O–H groups in total. The second kappa shape index (κ2) is 12.4. The SMILES string of the molecule is COc1cc2c(cc1-c1cccc(N3CCN(C(=O)OC(C)(C)C)CC3)c1)-c1c(-c3cccs3)nc(C(=O)N(C)C(C)(C)C)n1CC2. The fourth-order valence-electron chi connectivity index (χ4n) is 6.17. The average Bonchev–Trinajstić information content (AvgIpc) is 3.71. The van der Waals surface area contributed by atoms with E-state index in [2.05, 4.69) is 51.9 Å². The number of thiophene rings is 1. The summed E-state index contributed by atoms with van der Waals surface area (Å²) in [5, 5.41) is 2.05. The van der Waals surface area contributed by atoms with Crippen molar-refractivity contribution in [2.45, 2.75) is 65.6 Å². The zero-order valence-electron chi connectivity index (χ0n) is 28.7. The lowest BCUT2D eigenvalue weighted by Gasteiger charge is -2.37. The Hall–Kier alpha value is -4.31. The number of hydrogen-bond donors (Lipinski definition) is 0. The fraction of sp³-hybridized carbons (Fsp3) is 0.432. The Kier molecular flexibility index (Phi) is 8.59. The first kappa shape index (κ1) is 32.6. The van der Waals surface area contributed by atoms with E-state index in [9.17, 15) is 9.59 Å². The van der Waals surface area contributed by atoms with Crippen LogP contribution >= 0.6 is 11.3 Å². The van der Waals surface area contributed by atoms with E-state index in [1.54, 1.807) is 28.2 Å². The summed E-state index contributed by atoms with van der Waals surface area (Å²) in [5.41, 5.74) is 6.29. The predicted octanol–water partition coefficient (Wildman–Crippen LogP) is 7.44. The Labute approximate surface area is 281 Å². The summed E-state index contributed by atoms with van der Waals surface area (Å²) in [7, 11) is 3.56. The molecule has 0 atom stereocenters. The fourth-order valence-corrected chi connectivity index (χ4v) is 6.88.